The van der Waals surface area contributed by atoms with Gasteiger partial charge in [-0.05, 0) is 32.0 Å². The second-order valence-corrected chi connectivity index (χ2v) is 3.96. The van der Waals surface area contributed by atoms with Crippen molar-refractivity contribution < 1.29 is 4.79 Å². The lowest BCUT2D eigenvalue weighted by molar-refractivity contribution is 0.102. The number of hydrogen-bond donors (Lipinski definition) is 2. The van der Waals surface area contributed by atoms with Crippen molar-refractivity contribution >= 4 is 17.4 Å². The highest BCUT2D eigenvalue weighted by molar-refractivity contribution is 6.07. The molecule has 0 aromatic carbocycles. The van der Waals surface area contributed by atoms with Crippen LogP contribution in [-0.4, -0.2) is 27.6 Å². The standard InChI is InChI=1S/C13H15N5O/c1-3-14-11-7-9(2)15-8-10(11)13(19)17-12-5-4-6-16-18-12/h4-8H,3H2,1-2H3,(H,14,15)(H,17,18,19). The molecule has 2 heterocycles. The second kappa shape index (κ2) is 5.90. The van der Waals surface area contributed by atoms with E-state index in [-0.39, 0.29) is 5.91 Å². The van der Waals surface area contributed by atoms with Crippen LogP contribution in [0.4, 0.5) is 11.5 Å². The summed E-state index contributed by atoms with van der Waals surface area (Å²) in [7, 11) is 0. The summed E-state index contributed by atoms with van der Waals surface area (Å²) in [6.45, 7) is 4.58. The Morgan fingerprint density at radius 2 is 2.26 bits per heavy atom. The van der Waals surface area contributed by atoms with Crippen LogP contribution in [0.3, 0.4) is 0 Å². The lowest BCUT2D eigenvalue weighted by Crippen LogP contribution is -2.16. The summed E-state index contributed by atoms with van der Waals surface area (Å²) in [5.74, 6) is 0.152. The van der Waals surface area contributed by atoms with Gasteiger partial charge in [0.1, 0.15) is 0 Å². The van der Waals surface area contributed by atoms with Gasteiger partial charge in [-0.3, -0.25) is 9.78 Å². The minimum absolute atomic E-state index is 0.260. The summed E-state index contributed by atoms with van der Waals surface area (Å²) in [6.07, 6.45) is 3.10. The number of carbonyl (C=O) groups excluding carboxylic acids is 1. The number of anilines is 2. The molecular weight excluding hydrogens is 242 g/mol. The van der Waals surface area contributed by atoms with E-state index in [9.17, 15) is 4.79 Å². The number of pyridine rings is 1. The number of rotatable bonds is 4. The molecule has 19 heavy (non-hydrogen) atoms. The quantitative estimate of drug-likeness (QED) is 0.874. The molecule has 2 rings (SSSR count). The van der Waals surface area contributed by atoms with Crippen molar-refractivity contribution in [1.82, 2.24) is 15.2 Å². The average molecular weight is 257 g/mol. The fourth-order valence-corrected chi connectivity index (χ4v) is 1.63. The molecule has 0 aliphatic rings. The molecular formula is C13H15N5O. The number of hydrogen-bond acceptors (Lipinski definition) is 5. The van der Waals surface area contributed by atoms with Crippen LogP contribution in [0.1, 0.15) is 23.0 Å². The fourth-order valence-electron chi connectivity index (χ4n) is 1.63. The van der Waals surface area contributed by atoms with Crippen molar-refractivity contribution in [3.63, 3.8) is 0 Å². The van der Waals surface area contributed by atoms with Gasteiger partial charge in [0, 0.05) is 24.6 Å². The van der Waals surface area contributed by atoms with Gasteiger partial charge in [0.05, 0.1) is 11.3 Å². The van der Waals surface area contributed by atoms with Crippen LogP contribution < -0.4 is 10.6 Å². The van der Waals surface area contributed by atoms with Crippen LogP contribution in [0.2, 0.25) is 0 Å². The van der Waals surface area contributed by atoms with Gasteiger partial charge in [0.2, 0.25) is 0 Å². The zero-order valence-electron chi connectivity index (χ0n) is 10.8. The van der Waals surface area contributed by atoms with E-state index in [0.29, 0.717) is 11.4 Å². The Morgan fingerprint density at radius 3 is 2.95 bits per heavy atom. The molecule has 2 N–H and O–H groups in total. The van der Waals surface area contributed by atoms with Gasteiger partial charge in [-0.25, -0.2) is 0 Å². The first-order chi connectivity index (χ1) is 9.20. The van der Waals surface area contributed by atoms with E-state index in [1.165, 1.54) is 0 Å². The molecule has 1 amide bonds. The summed E-state index contributed by atoms with van der Waals surface area (Å²) in [5, 5.41) is 13.4. The maximum Gasteiger partial charge on any atom is 0.260 e. The van der Waals surface area contributed by atoms with Gasteiger partial charge in [0.25, 0.3) is 5.91 Å². The average Bonchev–Trinajstić information content (AvgIpc) is 2.40. The fraction of sp³-hybridized carbons (Fsp3) is 0.231. The smallest absolute Gasteiger partial charge is 0.260 e. The molecule has 0 fully saturated rings. The molecule has 0 saturated carbocycles. The van der Waals surface area contributed by atoms with Gasteiger partial charge in [0.15, 0.2) is 5.82 Å². The van der Waals surface area contributed by atoms with E-state index in [2.05, 4.69) is 25.8 Å². The van der Waals surface area contributed by atoms with Crippen molar-refractivity contribution in [3.05, 3.63) is 41.9 Å². The van der Waals surface area contributed by atoms with Gasteiger partial charge >= 0.3 is 0 Å². The van der Waals surface area contributed by atoms with Crippen LogP contribution in [0.5, 0.6) is 0 Å². The number of amides is 1. The van der Waals surface area contributed by atoms with Gasteiger partial charge in [-0.1, -0.05) is 0 Å². The Morgan fingerprint density at radius 1 is 1.42 bits per heavy atom. The Hall–Kier alpha value is -2.50. The van der Waals surface area contributed by atoms with Gasteiger partial charge in [-0.15, -0.1) is 5.10 Å². The maximum atomic E-state index is 12.2. The highest BCUT2D eigenvalue weighted by Crippen LogP contribution is 2.16. The highest BCUT2D eigenvalue weighted by Gasteiger charge is 2.12. The Labute approximate surface area is 111 Å². The highest BCUT2D eigenvalue weighted by atomic mass is 16.1. The SMILES string of the molecule is CCNc1cc(C)ncc1C(=O)Nc1cccnn1. The van der Waals surface area contributed by atoms with Crippen LogP contribution in [0.25, 0.3) is 0 Å². The Bertz CT molecular complexity index is 571. The first kappa shape index (κ1) is 12.9. The number of aromatic nitrogens is 3. The minimum Gasteiger partial charge on any atom is -0.385 e. The molecule has 0 aliphatic heterocycles. The van der Waals surface area contributed by atoms with E-state index in [0.717, 1.165) is 17.9 Å². The number of aryl methyl sites for hydroxylation is 1. The predicted molar refractivity (Wildman–Crippen MR) is 73.1 cm³/mol. The molecule has 0 unspecified atom stereocenters. The van der Waals surface area contributed by atoms with E-state index in [4.69, 9.17) is 0 Å². The van der Waals surface area contributed by atoms with Gasteiger partial charge in [-0.2, -0.15) is 5.10 Å². The molecule has 2 aromatic heterocycles. The maximum absolute atomic E-state index is 12.2. The van der Waals surface area contributed by atoms with Crippen molar-refractivity contribution in [2.24, 2.45) is 0 Å². The zero-order chi connectivity index (χ0) is 13.7. The van der Waals surface area contributed by atoms with Crippen LogP contribution in [0.15, 0.2) is 30.6 Å². The van der Waals surface area contributed by atoms with Crippen LogP contribution >= 0.6 is 0 Å². The predicted octanol–water partition coefficient (Wildman–Crippen LogP) is 1.86. The molecule has 0 saturated heterocycles. The topological polar surface area (TPSA) is 79.8 Å². The van der Waals surface area contributed by atoms with Crippen LogP contribution in [0, 0.1) is 6.92 Å². The summed E-state index contributed by atoms with van der Waals surface area (Å²) >= 11 is 0. The number of nitrogens with zero attached hydrogens (tertiary/aromatic N) is 3. The molecule has 0 aliphatic carbocycles. The lowest BCUT2D eigenvalue weighted by Gasteiger charge is -2.10. The molecule has 98 valence electrons. The van der Waals surface area contributed by atoms with E-state index in [1.807, 2.05) is 19.9 Å². The molecule has 0 bridgehead atoms. The van der Waals surface area contributed by atoms with Gasteiger partial charge < -0.3 is 10.6 Å². The van der Waals surface area contributed by atoms with Crippen molar-refractivity contribution in [2.75, 3.05) is 17.2 Å². The van der Waals surface area contributed by atoms with E-state index >= 15 is 0 Å². The molecule has 0 spiro atoms. The van der Waals surface area contributed by atoms with Crippen LogP contribution in [-0.2, 0) is 0 Å². The normalized spacial score (nSPS) is 10.0. The Balaban J connectivity index is 2.23. The Kier molecular flexibility index (Phi) is 4.02. The summed E-state index contributed by atoms with van der Waals surface area (Å²) < 4.78 is 0. The molecule has 0 radical (unpaired) electrons. The lowest BCUT2D eigenvalue weighted by atomic mass is 10.2. The monoisotopic (exact) mass is 257 g/mol. The first-order valence-corrected chi connectivity index (χ1v) is 6.00. The van der Waals surface area contributed by atoms with Crippen molar-refractivity contribution in [2.45, 2.75) is 13.8 Å². The van der Waals surface area contributed by atoms with Crippen molar-refractivity contribution in [3.8, 4) is 0 Å². The zero-order valence-corrected chi connectivity index (χ0v) is 10.8. The first-order valence-electron chi connectivity index (χ1n) is 6.00. The molecule has 6 heteroatoms. The third kappa shape index (κ3) is 3.25. The molecule has 2 aromatic rings. The summed E-state index contributed by atoms with van der Waals surface area (Å²) in [4.78, 5) is 16.3. The second-order valence-electron chi connectivity index (χ2n) is 3.96. The summed E-state index contributed by atoms with van der Waals surface area (Å²) in [6, 6.07) is 5.23. The number of carbonyl (C=O) groups is 1. The van der Waals surface area contributed by atoms with Crippen molar-refractivity contribution in [1.29, 1.82) is 0 Å². The number of nitrogens with one attached hydrogen (secondary N) is 2. The van der Waals surface area contributed by atoms with E-state index < -0.39 is 0 Å². The largest absolute Gasteiger partial charge is 0.385 e. The summed E-state index contributed by atoms with van der Waals surface area (Å²) in [5.41, 5.74) is 2.10. The third-order valence-corrected chi connectivity index (χ3v) is 2.47. The molecule has 6 nitrogen and oxygen atoms in total. The third-order valence-electron chi connectivity index (χ3n) is 2.47. The van der Waals surface area contributed by atoms with E-state index in [1.54, 1.807) is 24.5 Å². The molecule has 0 atom stereocenters. The minimum atomic E-state index is -0.260.